The largest absolute Gasteiger partial charge is 0.434 e. The average Bonchev–Trinajstić information content (AvgIpc) is 2.98. The van der Waals surface area contributed by atoms with Crippen LogP contribution in [-0.4, -0.2) is 36.1 Å². The number of nitrogens with zero attached hydrogens (tertiary/aromatic N) is 3. The van der Waals surface area contributed by atoms with Gasteiger partial charge in [-0.1, -0.05) is 12.1 Å². The highest BCUT2D eigenvalue weighted by Crippen LogP contribution is 2.33. The molecule has 0 bridgehead atoms. The Morgan fingerprint density at radius 1 is 1.13 bits per heavy atom. The normalized spacial score (nSPS) is 16.8. The van der Waals surface area contributed by atoms with Crippen LogP contribution in [0.3, 0.4) is 0 Å². The Labute approximate surface area is 135 Å². The van der Waals surface area contributed by atoms with Crippen LogP contribution in [0.2, 0.25) is 0 Å². The number of anilines is 1. The van der Waals surface area contributed by atoms with E-state index < -0.39 is 11.9 Å². The van der Waals surface area contributed by atoms with E-state index in [4.69, 9.17) is 0 Å². The summed E-state index contributed by atoms with van der Waals surface area (Å²) < 4.78 is 51.0. The molecule has 1 aliphatic heterocycles. The number of hydrogen-bond donors (Lipinski definition) is 0. The molecule has 3 nitrogen and oxygen atoms in total. The minimum atomic E-state index is -4.39. The molecule has 1 saturated heterocycles. The molecule has 0 aliphatic carbocycles. The van der Waals surface area contributed by atoms with Gasteiger partial charge in [-0.25, -0.2) is 9.37 Å². The number of hydrogen-bond acceptors (Lipinski definition) is 4. The van der Waals surface area contributed by atoms with Crippen LogP contribution in [-0.2, 0) is 12.7 Å². The number of halogens is 4. The van der Waals surface area contributed by atoms with Crippen molar-refractivity contribution in [2.75, 3.05) is 31.1 Å². The molecule has 124 valence electrons. The highest BCUT2D eigenvalue weighted by Gasteiger charge is 2.34. The molecule has 0 atom stereocenters. The van der Waals surface area contributed by atoms with Gasteiger partial charge in [0.1, 0.15) is 5.82 Å². The van der Waals surface area contributed by atoms with Gasteiger partial charge in [0.2, 0.25) is 0 Å². The monoisotopic (exact) mass is 345 g/mol. The third kappa shape index (κ3) is 4.00. The van der Waals surface area contributed by atoms with Crippen molar-refractivity contribution < 1.29 is 17.6 Å². The number of alkyl halides is 3. The Bertz CT molecular complexity index is 663. The zero-order valence-electron chi connectivity index (χ0n) is 12.2. The maximum absolute atomic E-state index is 13.2. The van der Waals surface area contributed by atoms with Gasteiger partial charge in [-0.3, -0.25) is 4.90 Å². The van der Waals surface area contributed by atoms with Gasteiger partial charge in [0.05, 0.1) is 0 Å². The average molecular weight is 345 g/mol. The van der Waals surface area contributed by atoms with Gasteiger partial charge < -0.3 is 4.90 Å². The zero-order chi connectivity index (χ0) is 16.4. The highest BCUT2D eigenvalue weighted by molar-refractivity contribution is 7.13. The summed E-state index contributed by atoms with van der Waals surface area (Å²) >= 11 is 1.02. The fraction of sp³-hybridized carbons (Fsp3) is 0.400. The minimum Gasteiger partial charge on any atom is -0.346 e. The summed E-state index contributed by atoms with van der Waals surface area (Å²) in [6.45, 7) is 3.27. The molecule has 1 aromatic carbocycles. The van der Waals surface area contributed by atoms with Crippen molar-refractivity contribution in [3.05, 3.63) is 46.7 Å². The summed E-state index contributed by atoms with van der Waals surface area (Å²) in [6.07, 6.45) is -4.39. The van der Waals surface area contributed by atoms with Gasteiger partial charge in [-0.2, -0.15) is 13.2 Å². The quantitative estimate of drug-likeness (QED) is 0.792. The number of rotatable bonds is 3. The van der Waals surface area contributed by atoms with Crippen molar-refractivity contribution in [2.24, 2.45) is 0 Å². The second kappa shape index (κ2) is 6.45. The lowest BCUT2D eigenvalue weighted by Crippen LogP contribution is -2.46. The number of thiazole rings is 1. The second-order valence-corrected chi connectivity index (χ2v) is 6.24. The molecule has 1 aliphatic rings. The molecule has 0 spiro atoms. The second-order valence-electron chi connectivity index (χ2n) is 5.41. The molecule has 0 N–H and O–H groups in total. The first-order chi connectivity index (χ1) is 10.9. The van der Waals surface area contributed by atoms with E-state index in [1.807, 2.05) is 11.0 Å². The molecule has 0 unspecified atom stereocenters. The van der Waals surface area contributed by atoms with Gasteiger partial charge in [0.25, 0.3) is 0 Å². The van der Waals surface area contributed by atoms with Gasteiger partial charge >= 0.3 is 6.18 Å². The maximum Gasteiger partial charge on any atom is 0.434 e. The van der Waals surface area contributed by atoms with E-state index in [0.29, 0.717) is 37.9 Å². The van der Waals surface area contributed by atoms with Crippen molar-refractivity contribution in [2.45, 2.75) is 12.7 Å². The lowest BCUT2D eigenvalue weighted by Gasteiger charge is -2.34. The third-order valence-electron chi connectivity index (χ3n) is 3.72. The Morgan fingerprint density at radius 3 is 2.48 bits per heavy atom. The fourth-order valence-electron chi connectivity index (χ4n) is 2.53. The molecule has 1 aromatic heterocycles. The first kappa shape index (κ1) is 16.2. The smallest absolute Gasteiger partial charge is 0.346 e. The Kier molecular flexibility index (Phi) is 4.54. The lowest BCUT2D eigenvalue weighted by molar-refractivity contribution is -0.140. The first-order valence-corrected chi connectivity index (χ1v) is 8.04. The van der Waals surface area contributed by atoms with Crippen LogP contribution in [0.15, 0.2) is 29.6 Å². The number of piperazine rings is 1. The van der Waals surface area contributed by atoms with E-state index in [0.717, 1.165) is 22.3 Å². The zero-order valence-corrected chi connectivity index (χ0v) is 13.0. The van der Waals surface area contributed by atoms with Crippen LogP contribution < -0.4 is 4.90 Å². The first-order valence-electron chi connectivity index (χ1n) is 7.16. The van der Waals surface area contributed by atoms with E-state index in [1.54, 1.807) is 6.07 Å². The Morgan fingerprint density at radius 2 is 1.87 bits per heavy atom. The van der Waals surface area contributed by atoms with E-state index >= 15 is 0 Å². The molecule has 23 heavy (non-hydrogen) atoms. The number of aromatic nitrogens is 1. The fourth-order valence-corrected chi connectivity index (χ4v) is 3.42. The molecule has 8 heteroatoms. The molecule has 0 amide bonds. The lowest BCUT2D eigenvalue weighted by atomic mass is 10.2. The summed E-state index contributed by atoms with van der Waals surface area (Å²) in [5.41, 5.74) is 0.0618. The van der Waals surface area contributed by atoms with Crippen molar-refractivity contribution in [1.29, 1.82) is 0 Å². The van der Waals surface area contributed by atoms with Crippen LogP contribution in [0.5, 0.6) is 0 Å². The number of benzene rings is 1. The SMILES string of the molecule is Fc1cccc(CN2CCN(c3nc(C(F)(F)F)cs3)CC2)c1. The van der Waals surface area contributed by atoms with E-state index in [1.165, 1.54) is 12.1 Å². The molecule has 0 saturated carbocycles. The summed E-state index contributed by atoms with van der Waals surface area (Å²) in [4.78, 5) is 7.70. The van der Waals surface area contributed by atoms with Crippen LogP contribution >= 0.6 is 11.3 Å². The summed E-state index contributed by atoms with van der Waals surface area (Å²) in [5.74, 6) is -0.261. The Hall–Kier alpha value is -1.67. The van der Waals surface area contributed by atoms with Gasteiger partial charge in [0.15, 0.2) is 10.8 Å². The van der Waals surface area contributed by atoms with E-state index in [-0.39, 0.29) is 5.82 Å². The summed E-state index contributed by atoms with van der Waals surface area (Å²) in [6, 6.07) is 6.45. The summed E-state index contributed by atoms with van der Waals surface area (Å²) in [5, 5.41) is 1.46. The van der Waals surface area contributed by atoms with Crippen molar-refractivity contribution in [1.82, 2.24) is 9.88 Å². The van der Waals surface area contributed by atoms with Crippen LogP contribution in [0, 0.1) is 5.82 Å². The molecular formula is C15H15F4N3S. The predicted octanol–water partition coefficient (Wildman–Crippen LogP) is 3.62. The van der Waals surface area contributed by atoms with Crippen LogP contribution in [0.1, 0.15) is 11.3 Å². The molecular weight excluding hydrogens is 330 g/mol. The Balaban J connectivity index is 1.57. The van der Waals surface area contributed by atoms with Crippen molar-refractivity contribution in [3.63, 3.8) is 0 Å². The summed E-state index contributed by atoms with van der Waals surface area (Å²) in [7, 11) is 0. The molecule has 0 radical (unpaired) electrons. The predicted molar refractivity (Wildman–Crippen MR) is 81.0 cm³/mol. The molecule has 1 fully saturated rings. The minimum absolute atomic E-state index is 0.261. The van der Waals surface area contributed by atoms with Crippen LogP contribution in [0.25, 0.3) is 0 Å². The standard InChI is InChI=1S/C15H15F4N3S/c16-12-3-1-2-11(8-12)9-21-4-6-22(7-5-21)14-20-13(10-23-14)15(17,18)19/h1-3,8,10H,4-7,9H2. The van der Waals surface area contributed by atoms with Crippen molar-refractivity contribution >= 4 is 16.5 Å². The van der Waals surface area contributed by atoms with Gasteiger partial charge in [-0.15, -0.1) is 11.3 Å². The van der Waals surface area contributed by atoms with Gasteiger partial charge in [-0.05, 0) is 17.7 Å². The van der Waals surface area contributed by atoms with Gasteiger partial charge in [0, 0.05) is 38.1 Å². The highest BCUT2D eigenvalue weighted by atomic mass is 32.1. The van der Waals surface area contributed by atoms with Crippen molar-refractivity contribution in [3.8, 4) is 0 Å². The molecule has 2 heterocycles. The maximum atomic E-state index is 13.2. The van der Waals surface area contributed by atoms with E-state index in [2.05, 4.69) is 9.88 Å². The van der Waals surface area contributed by atoms with E-state index in [9.17, 15) is 17.6 Å². The molecule has 3 rings (SSSR count). The van der Waals surface area contributed by atoms with Crippen LogP contribution in [0.4, 0.5) is 22.7 Å². The molecule has 2 aromatic rings. The topological polar surface area (TPSA) is 19.4 Å². The third-order valence-corrected chi connectivity index (χ3v) is 4.62.